The number of amides is 3. The van der Waals surface area contributed by atoms with Gasteiger partial charge in [0.15, 0.2) is 0 Å². The highest BCUT2D eigenvalue weighted by Gasteiger charge is 2.33. The summed E-state index contributed by atoms with van der Waals surface area (Å²) in [6, 6.07) is 8.25. The Labute approximate surface area is 196 Å². The molecule has 2 saturated heterocycles. The summed E-state index contributed by atoms with van der Waals surface area (Å²) in [7, 11) is 0. The molecule has 10 heteroatoms. The molecule has 0 aliphatic carbocycles. The average Bonchev–Trinajstić information content (AvgIpc) is 3.41. The van der Waals surface area contributed by atoms with E-state index in [4.69, 9.17) is 9.15 Å². The zero-order valence-corrected chi connectivity index (χ0v) is 19.1. The maximum Gasteiger partial charge on any atom is 0.414 e. The molecule has 1 aromatic heterocycles. The van der Waals surface area contributed by atoms with Gasteiger partial charge in [0.2, 0.25) is 11.8 Å². The number of benzene rings is 1. The molecule has 3 amide bonds. The minimum absolute atomic E-state index is 0.120. The van der Waals surface area contributed by atoms with Crippen LogP contribution in [-0.2, 0) is 14.3 Å². The van der Waals surface area contributed by atoms with Gasteiger partial charge in [-0.05, 0) is 43.3 Å². The molecule has 1 N–H and O–H groups in total. The molecule has 2 fully saturated rings. The highest BCUT2D eigenvalue weighted by Crippen LogP contribution is 2.28. The summed E-state index contributed by atoms with van der Waals surface area (Å²) in [5, 5.41) is 2.61. The van der Waals surface area contributed by atoms with E-state index in [2.05, 4.69) is 5.32 Å². The third kappa shape index (κ3) is 5.38. The third-order valence-corrected chi connectivity index (χ3v) is 5.78. The number of anilines is 2. The molecule has 2 aromatic rings. The topological polar surface area (TPSA) is 95.3 Å². The smallest absolute Gasteiger partial charge is 0.414 e. The van der Waals surface area contributed by atoms with Gasteiger partial charge in [-0.25, -0.2) is 9.18 Å². The van der Waals surface area contributed by atoms with Crippen molar-refractivity contribution >= 4 is 35.4 Å². The second-order valence-corrected chi connectivity index (χ2v) is 8.28. The highest BCUT2D eigenvalue weighted by molar-refractivity contribution is 5.92. The Morgan fingerprint density at radius 2 is 1.94 bits per heavy atom. The Morgan fingerprint density at radius 3 is 2.59 bits per heavy atom. The van der Waals surface area contributed by atoms with Gasteiger partial charge < -0.3 is 24.3 Å². The zero-order chi connectivity index (χ0) is 24.2. The van der Waals surface area contributed by atoms with Gasteiger partial charge in [-0.15, -0.1) is 0 Å². The Kier molecular flexibility index (Phi) is 6.85. The number of hydrogen-bond donors (Lipinski definition) is 1. The predicted octanol–water partition coefficient (Wildman–Crippen LogP) is 2.55. The highest BCUT2D eigenvalue weighted by atomic mass is 19.1. The van der Waals surface area contributed by atoms with Gasteiger partial charge in [0.25, 0.3) is 0 Å². The summed E-state index contributed by atoms with van der Waals surface area (Å²) in [5.74, 6) is 0.611. The summed E-state index contributed by atoms with van der Waals surface area (Å²) in [5.41, 5.74) is 0.809. The fourth-order valence-electron chi connectivity index (χ4n) is 3.99. The molecule has 34 heavy (non-hydrogen) atoms. The van der Waals surface area contributed by atoms with E-state index in [1.807, 2.05) is 17.9 Å². The summed E-state index contributed by atoms with van der Waals surface area (Å²) in [6.45, 7) is 5.56. The quantitative estimate of drug-likeness (QED) is 0.652. The summed E-state index contributed by atoms with van der Waals surface area (Å²) in [4.78, 5) is 40.6. The first-order valence-corrected chi connectivity index (χ1v) is 11.1. The number of cyclic esters (lactones) is 1. The van der Waals surface area contributed by atoms with Crippen LogP contribution in [0.25, 0.3) is 6.08 Å². The van der Waals surface area contributed by atoms with Crippen molar-refractivity contribution in [3.8, 4) is 0 Å². The second-order valence-electron chi connectivity index (χ2n) is 8.28. The molecule has 1 atom stereocenters. The van der Waals surface area contributed by atoms with Crippen LogP contribution in [-0.4, -0.2) is 68.2 Å². The molecule has 0 spiro atoms. The van der Waals surface area contributed by atoms with E-state index in [0.29, 0.717) is 43.3 Å². The van der Waals surface area contributed by atoms with Crippen LogP contribution in [0.15, 0.2) is 40.8 Å². The van der Waals surface area contributed by atoms with E-state index in [9.17, 15) is 18.8 Å². The van der Waals surface area contributed by atoms with Crippen LogP contribution < -0.4 is 15.1 Å². The molecule has 0 bridgehead atoms. The van der Waals surface area contributed by atoms with Crippen LogP contribution in [0.3, 0.4) is 0 Å². The van der Waals surface area contributed by atoms with Gasteiger partial charge >= 0.3 is 6.09 Å². The number of furan rings is 1. The molecule has 1 aromatic carbocycles. The maximum absolute atomic E-state index is 15.0. The molecule has 0 radical (unpaired) electrons. The fourth-order valence-corrected chi connectivity index (χ4v) is 3.99. The largest absolute Gasteiger partial charge is 0.462 e. The van der Waals surface area contributed by atoms with Gasteiger partial charge in [0, 0.05) is 39.2 Å². The number of aryl methyl sites for hydroxylation is 1. The number of rotatable bonds is 6. The molecule has 9 nitrogen and oxygen atoms in total. The molecule has 1 unspecified atom stereocenters. The van der Waals surface area contributed by atoms with Crippen LogP contribution >= 0.6 is 0 Å². The average molecular weight is 471 g/mol. The lowest BCUT2D eigenvalue weighted by Gasteiger charge is -2.36. The van der Waals surface area contributed by atoms with Crippen LogP contribution in [0, 0.1) is 12.7 Å². The van der Waals surface area contributed by atoms with Crippen molar-refractivity contribution in [3.63, 3.8) is 0 Å². The Hall–Kier alpha value is -3.82. The number of piperazine rings is 1. The zero-order valence-electron chi connectivity index (χ0n) is 19.1. The lowest BCUT2D eigenvalue weighted by atomic mass is 10.2. The number of halogens is 1. The Balaban J connectivity index is 1.33. The standard InChI is InChI=1S/C24H27FN4O5/c1-16-3-5-19(33-16)6-8-23(31)28-11-9-27(10-12-28)22-7-4-18(13-21(22)25)29-15-20(34-24(29)32)14-26-17(2)30/h3-8,13,20H,9-12,14-15H2,1-2H3,(H,26,30). The number of hydrogen-bond acceptors (Lipinski definition) is 6. The van der Waals surface area contributed by atoms with E-state index in [1.54, 1.807) is 29.2 Å². The normalized spacial score (nSPS) is 18.5. The summed E-state index contributed by atoms with van der Waals surface area (Å²) >= 11 is 0. The first-order valence-electron chi connectivity index (χ1n) is 11.1. The van der Waals surface area contributed by atoms with E-state index in [-0.39, 0.29) is 24.9 Å². The Morgan fingerprint density at radius 1 is 1.18 bits per heavy atom. The van der Waals surface area contributed by atoms with E-state index >= 15 is 0 Å². The molecule has 2 aliphatic rings. The van der Waals surface area contributed by atoms with Crippen LogP contribution in [0.5, 0.6) is 0 Å². The SMILES string of the molecule is CC(=O)NCC1CN(c2ccc(N3CCN(C(=O)C=Cc4ccc(C)o4)CC3)c(F)c2)C(=O)O1. The number of carbonyl (C=O) groups excluding carboxylic acids is 3. The van der Waals surface area contributed by atoms with Gasteiger partial charge in [-0.2, -0.15) is 0 Å². The molecular formula is C24H27FN4O5. The predicted molar refractivity (Wildman–Crippen MR) is 124 cm³/mol. The molecule has 2 aliphatic heterocycles. The van der Waals surface area contributed by atoms with E-state index < -0.39 is 18.0 Å². The summed E-state index contributed by atoms with van der Waals surface area (Å²) < 4.78 is 25.6. The van der Waals surface area contributed by atoms with E-state index in [0.717, 1.165) is 5.76 Å². The van der Waals surface area contributed by atoms with Gasteiger partial charge in [0.1, 0.15) is 23.4 Å². The van der Waals surface area contributed by atoms with Crippen molar-refractivity contribution in [1.29, 1.82) is 0 Å². The monoisotopic (exact) mass is 470 g/mol. The fraction of sp³-hybridized carbons (Fsp3) is 0.375. The summed E-state index contributed by atoms with van der Waals surface area (Å²) in [6.07, 6.45) is 2.06. The second kappa shape index (κ2) is 9.98. The third-order valence-electron chi connectivity index (χ3n) is 5.78. The molecular weight excluding hydrogens is 443 g/mol. The molecule has 0 saturated carbocycles. The molecule has 3 heterocycles. The van der Waals surface area contributed by atoms with Gasteiger partial charge in [-0.1, -0.05) is 0 Å². The lowest BCUT2D eigenvalue weighted by molar-refractivity contribution is -0.126. The van der Waals surface area contributed by atoms with Crippen molar-refractivity contribution in [3.05, 3.63) is 53.7 Å². The number of nitrogens with one attached hydrogen (secondary N) is 1. The lowest BCUT2D eigenvalue weighted by Crippen LogP contribution is -2.48. The number of carbonyl (C=O) groups is 3. The Bertz CT molecular complexity index is 1110. The minimum Gasteiger partial charge on any atom is -0.462 e. The number of nitrogens with zero attached hydrogens (tertiary/aromatic N) is 3. The van der Waals surface area contributed by atoms with Crippen LogP contribution in [0.2, 0.25) is 0 Å². The van der Waals surface area contributed by atoms with Crippen molar-refractivity contribution in [2.24, 2.45) is 0 Å². The minimum atomic E-state index is -0.576. The number of ether oxygens (including phenoxy) is 1. The van der Waals surface area contributed by atoms with Gasteiger partial charge in [0.05, 0.1) is 24.5 Å². The van der Waals surface area contributed by atoms with Gasteiger partial charge in [-0.3, -0.25) is 14.5 Å². The van der Waals surface area contributed by atoms with Crippen molar-refractivity contribution in [2.45, 2.75) is 20.0 Å². The van der Waals surface area contributed by atoms with E-state index in [1.165, 1.54) is 24.0 Å². The molecule has 180 valence electrons. The maximum atomic E-state index is 15.0. The molecule has 4 rings (SSSR count). The van der Waals surface area contributed by atoms with Crippen LogP contribution in [0.4, 0.5) is 20.6 Å². The first kappa shape index (κ1) is 23.3. The van der Waals surface area contributed by atoms with Crippen LogP contribution in [0.1, 0.15) is 18.4 Å². The van der Waals surface area contributed by atoms with Crippen molar-refractivity contribution < 1.29 is 27.9 Å². The van der Waals surface area contributed by atoms with Crippen molar-refractivity contribution in [1.82, 2.24) is 10.2 Å². The van der Waals surface area contributed by atoms with Crippen molar-refractivity contribution in [2.75, 3.05) is 49.1 Å². The first-order chi connectivity index (χ1) is 16.3.